The zero-order chi connectivity index (χ0) is 22.2. The van der Waals surface area contributed by atoms with Gasteiger partial charge in [-0.3, -0.25) is 0 Å². The largest absolute Gasteiger partial charge is 0.238 e. The highest BCUT2D eigenvalue weighted by Crippen LogP contribution is 2.27. The number of hydrogen-bond donors (Lipinski definition) is 0. The number of rotatable bonds is 5. The summed E-state index contributed by atoms with van der Waals surface area (Å²) in [5, 5.41) is 14.8. The van der Waals surface area contributed by atoms with Gasteiger partial charge in [0.25, 0.3) is 0 Å². The lowest BCUT2D eigenvalue weighted by Gasteiger charge is -2.23. The van der Waals surface area contributed by atoms with Crippen molar-refractivity contribution in [2.45, 2.75) is 34.0 Å². The summed E-state index contributed by atoms with van der Waals surface area (Å²) < 4.78 is 6.02. The third kappa shape index (κ3) is 3.54. The van der Waals surface area contributed by atoms with Crippen LogP contribution in [0.5, 0.6) is 0 Å². The first-order valence-electron chi connectivity index (χ1n) is 10.8. The molecule has 0 saturated heterocycles. The fraction of sp³-hybridized carbons (Fsp3) is 0.192. The predicted molar refractivity (Wildman–Crippen MR) is 126 cm³/mol. The van der Waals surface area contributed by atoms with Crippen LogP contribution >= 0.6 is 0 Å². The van der Waals surface area contributed by atoms with Gasteiger partial charge >= 0.3 is 0 Å². The van der Waals surface area contributed by atoms with E-state index in [0.29, 0.717) is 0 Å². The number of nitrogens with zero attached hydrogens (tertiary/aromatic N) is 6. The second-order valence-electron chi connectivity index (χ2n) is 8.18. The van der Waals surface area contributed by atoms with Crippen LogP contribution in [-0.2, 0) is 0 Å². The number of aryl methyl sites for hydroxylation is 4. The molecule has 0 fully saturated rings. The maximum absolute atomic E-state index is 5.00. The topological polar surface area (TPSA) is 53.5 Å². The molecular formula is C26H26N6. The second kappa shape index (κ2) is 7.96. The summed E-state index contributed by atoms with van der Waals surface area (Å²) in [6, 6.07) is 26.8. The molecule has 0 amide bonds. The Balaban J connectivity index is 1.68. The Morgan fingerprint density at radius 1 is 0.531 bits per heavy atom. The van der Waals surface area contributed by atoms with E-state index in [0.717, 1.165) is 45.3 Å². The van der Waals surface area contributed by atoms with Gasteiger partial charge in [-0.2, -0.15) is 15.3 Å². The molecule has 0 aliphatic rings. The van der Waals surface area contributed by atoms with Gasteiger partial charge in [-0.15, -0.1) is 0 Å². The van der Waals surface area contributed by atoms with E-state index in [1.165, 1.54) is 0 Å². The van der Waals surface area contributed by atoms with Crippen molar-refractivity contribution in [2.24, 2.45) is 0 Å². The molecule has 0 N–H and O–H groups in total. The second-order valence-corrected chi connectivity index (χ2v) is 8.18. The van der Waals surface area contributed by atoms with Gasteiger partial charge in [0, 0.05) is 28.2 Å². The average molecular weight is 423 g/mol. The summed E-state index contributed by atoms with van der Waals surface area (Å²) in [6.07, 6.45) is -0.348. The lowest BCUT2D eigenvalue weighted by molar-refractivity contribution is 0.271. The third-order valence-electron chi connectivity index (χ3n) is 5.68. The summed E-state index contributed by atoms with van der Waals surface area (Å²) >= 11 is 0. The maximum atomic E-state index is 5.00. The van der Waals surface area contributed by atoms with Gasteiger partial charge in [-0.1, -0.05) is 60.7 Å². The van der Waals surface area contributed by atoms with Crippen LogP contribution in [0.2, 0.25) is 0 Å². The fourth-order valence-corrected chi connectivity index (χ4v) is 4.13. The smallest absolute Gasteiger partial charge is 0.224 e. The van der Waals surface area contributed by atoms with E-state index in [1.54, 1.807) is 0 Å². The maximum Gasteiger partial charge on any atom is 0.238 e. The molecule has 6 nitrogen and oxygen atoms in total. The standard InChI is InChI=1S/C26H26N6/c1-18-15-19(2)30(27-18)26(31-20(3)16-24(28-31)22-11-7-5-8-12-22)32-21(4)17-25(29-32)23-13-9-6-10-14-23/h5-17,26H,1-4H3. The van der Waals surface area contributed by atoms with E-state index >= 15 is 0 Å². The van der Waals surface area contributed by atoms with Crippen LogP contribution in [0.25, 0.3) is 22.5 Å². The Bertz CT molecular complexity index is 1270. The van der Waals surface area contributed by atoms with Crippen LogP contribution in [0.15, 0.2) is 78.9 Å². The molecule has 0 radical (unpaired) electrons. The van der Waals surface area contributed by atoms with E-state index < -0.39 is 0 Å². The van der Waals surface area contributed by atoms with Crippen LogP contribution in [0.1, 0.15) is 29.1 Å². The van der Waals surface area contributed by atoms with Crippen molar-refractivity contribution in [1.82, 2.24) is 29.3 Å². The third-order valence-corrected chi connectivity index (χ3v) is 5.68. The van der Waals surface area contributed by atoms with Gasteiger partial charge in [0.1, 0.15) is 0 Å². The van der Waals surface area contributed by atoms with Crippen LogP contribution in [-0.4, -0.2) is 29.3 Å². The zero-order valence-corrected chi connectivity index (χ0v) is 18.8. The quantitative estimate of drug-likeness (QED) is 0.381. The van der Waals surface area contributed by atoms with Crippen molar-refractivity contribution in [1.29, 1.82) is 0 Å². The molecule has 5 rings (SSSR count). The molecule has 6 heteroatoms. The van der Waals surface area contributed by atoms with Crippen LogP contribution < -0.4 is 0 Å². The van der Waals surface area contributed by atoms with Crippen molar-refractivity contribution in [3.8, 4) is 22.5 Å². The van der Waals surface area contributed by atoms with E-state index in [-0.39, 0.29) is 6.29 Å². The minimum Gasteiger partial charge on any atom is -0.224 e. The lowest BCUT2D eigenvalue weighted by Crippen LogP contribution is -2.31. The molecule has 3 heterocycles. The number of hydrogen-bond acceptors (Lipinski definition) is 3. The normalized spacial score (nSPS) is 11.4. The van der Waals surface area contributed by atoms with Crippen LogP contribution in [0.4, 0.5) is 0 Å². The number of aromatic nitrogens is 6. The van der Waals surface area contributed by atoms with Crippen molar-refractivity contribution < 1.29 is 0 Å². The van der Waals surface area contributed by atoms with Crippen molar-refractivity contribution >= 4 is 0 Å². The number of benzene rings is 2. The van der Waals surface area contributed by atoms with Gasteiger partial charge in [-0.25, -0.2) is 14.0 Å². The molecule has 160 valence electrons. The van der Waals surface area contributed by atoms with Gasteiger partial charge < -0.3 is 0 Å². The van der Waals surface area contributed by atoms with Crippen LogP contribution in [0.3, 0.4) is 0 Å². The minimum atomic E-state index is -0.348. The van der Waals surface area contributed by atoms with E-state index in [9.17, 15) is 0 Å². The molecule has 5 aromatic rings. The molecule has 0 bridgehead atoms. The van der Waals surface area contributed by atoms with Crippen molar-refractivity contribution in [2.75, 3.05) is 0 Å². The molecule has 2 aromatic carbocycles. The van der Waals surface area contributed by atoms with E-state index in [1.807, 2.05) is 57.4 Å². The Labute approximate surface area is 187 Å². The first-order valence-corrected chi connectivity index (χ1v) is 10.8. The summed E-state index contributed by atoms with van der Waals surface area (Å²) in [6.45, 7) is 8.24. The van der Waals surface area contributed by atoms with Crippen molar-refractivity contribution in [3.63, 3.8) is 0 Å². The molecule has 0 aliphatic heterocycles. The summed E-state index contributed by atoms with van der Waals surface area (Å²) in [7, 11) is 0. The highest BCUT2D eigenvalue weighted by Gasteiger charge is 2.25. The van der Waals surface area contributed by atoms with Crippen LogP contribution in [0, 0.1) is 27.7 Å². The Morgan fingerprint density at radius 3 is 1.34 bits per heavy atom. The summed E-state index contributed by atoms with van der Waals surface area (Å²) in [5.41, 5.74) is 8.14. The summed E-state index contributed by atoms with van der Waals surface area (Å²) in [5.74, 6) is 0. The first kappa shape index (κ1) is 20.0. The minimum absolute atomic E-state index is 0.348. The molecule has 0 saturated carbocycles. The fourth-order valence-electron chi connectivity index (χ4n) is 4.13. The molecule has 0 aliphatic carbocycles. The van der Waals surface area contributed by atoms with Gasteiger partial charge in [0.2, 0.25) is 6.29 Å². The van der Waals surface area contributed by atoms with E-state index in [4.69, 9.17) is 15.3 Å². The zero-order valence-electron chi connectivity index (χ0n) is 18.8. The first-order chi connectivity index (χ1) is 15.5. The monoisotopic (exact) mass is 422 g/mol. The molecular weight excluding hydrogens is 396 g/mol. The molecule has 32 heavy (non-hydrogen) atoms. The summed E-state index contributed by atoms with van der Waals surface area (Å²) in [4.78, 5) is 0. The van der Waals surface area contributed by atoms with Gasteiger partial charge in [0.15, 0.2) is 0 Å². The van der Waals surface area contributed by atoms with Gasteiger partial charge in [-0.05, 0) is 45.9 Å². The Morgan fingerprint density at radius 2 is 0.938 bits per heavy atom. The Kier molecular flexibility index (Phi) is 4.98. The van der Waals surface area contributed by atoms with E-state index in [2.05, 4.69) is 63.2 Å². The SMILES string of the molecule is Cc1cc(C)n(C(n2nc(-c3ccccc3)cc2C)n2nc(-c3ccccc3)cc2C)n1. The van der Waals surface area contributed by atoms with Gasteiger partial charge in [0.05, 0.1) is 17.1 Å². The molecule has 0 atom stereocenters. The Hall–Kier alpha value is -3.93. The molecule has 3 aromatic heterocycles. The highest BCUT2D eigenvalue weighted by molar-refractivity contribution is 5.60. The molecule has 0 spiro atoms. The predicted octanol–water partition coefficient (Wildman–Crippen LogP) is 5.40. The van der Waals surface area contributed by atoms with Crippen molar-refractivity contribution in [3.05, 3.63) is 102 Å². The molecule has 0 unspecified atom stereocenters. The lowest BCUT2D eigenvalue weighted by atomic mass is 10.1. The highest BCUT2D eigenvalue weighted by atomic mass is 15.6. The average Bonchev–Trinajstić information content (AvgIpc) is 3.47.